The van der Waals surface area contributed by atoms with E-state index in [0.29, 0.717) is 12.4 Å². The molecule has 2 aromatic heterocycles. The average Bonchev–Trinajstić information content (AvgIpc) is 2.92. The first-order valence-corrected chi connectivity index (χ1v) is 7.28. The minimum absolute atomic E-state index is 0.151. The van der Waals surface area contributed by atoms with Gasteiger partial charge in [-0.25, -0.2) is 9.78 Å². The Morgan fingerprint density at radius 2 is 2.30 bits per heavy atom. The molecule has 2 aromatic rings. The molecule has 0 saturated heterocycles. The van der Waals surface area contributed by atoms with Crippen molar-refractivity contribution in [1.29, 1.82) is 0 Å². The molecule has 0 spiro atoms. The summed E-state index contributed by atoms with van der Waals surface area (Å²) in [5.74, 6) is 0.565. The standard InChI is InChI=1S/C13H13N3O2S2/c1-2-18-13(17)16-12(19)15-11-5-3-4-10(14-11)9-6-7-20-8-9/h3-8H,2H2,1H3,(H2,14,15,16,17,19). The van der Waals surface area contributed by atoms with E-state index in [2.05, 4.69) is 15.6 Å². The van der Waals surface area contributed by atoms with Crippen molar-refractivity contribution in [2.24, 2.45) is 0 Å². The fourth-order valence-corrected chi connectivity index (χ4v) is 2.32. The molecule has 0 bridgehead atoms. The van der Waals surface area contributed by atoms with Gasteiger partial charge < -0.3 is 10.1 Å². The predicted octanol–water partition coefficient (Wildman–Crippen LogP) is 3.25. The normalized spacial score (nSPS) is 9.85. The number of carbonyl (C=O) groups is 1. The van der Waals surface area contributed by atoms with Crippen LogP contribution in [0.2, 0.25) is 0 Å². The van der Waals surface area contributed by atoms with Gasteiger partial charge in [-0.3, -0.25) is 5.32 Å². The molecule has 0 aliphatic heterocycles. The zero-order valence-corrected chi connectivity index (χ0v) is 12.4. The average molecular weight is 307 g/mol. The summed E-state index contributed by atoms with van der Waals surface area (Å²) >= 11 is 6.62. The van der Waals surface area contributed by atoms with Gasteiger partial charge in [-0.05, 0) is 42.7 Å². The summed E-state index contributed by atoms with van der Waals surface area (Å²) in [5.41, 5.74) is 1.89. The molecule has 2 heterocycles. The van der Waals surface area contributed by atoms with Gasteiger partial charge in [0.1, 0.15) is 5.82 Å². The second-order valence-corrected chi connectivity index (χ2v) is 4.91. The van der Waals surface area contributed by atoms with Gasteiger partial charge in [0, 0.05) is 10.9 Å². The summed E-state index contributed by atoms with van der Waals surface area (Å²) in [7, 11) is 0. The third kappa shape index (κ3) is 4.01. The van der Waals surface area contributed by atoms with Crippen LogP contribution in [0.1, 0.15) is 6.92 Å². The minimum atomic E-state index is -0.584. The van der Waals surface area contributed by atoms with Crippen LogP contribution in [0.5, 0.6) is 0 Å². The second kappa shape index (κ2) is 6.97. The number of thiocarbonyl (C=S) groups is 1. The number of nitrogens with zero attached hydrogens (tertiary/aromatic N) is 1. The lowest BCUT2D eigenvalue weighted by molar-refractivity contribution is 0.158. The van der Waals surface area contributed by atoms with Crippen LogP contribution in [0.4, 0.5) is 10.6 Å². The van der Waals surface area contributed by atoms with Crippen molar-refractivity contribution in [3.05, 3.63) is 35.0 Å². The quantitative estimate of drug-likeness (QED) is 0.852. The van der Waals surface area contributed by atoms with Gasteiger partial charge >= 0.3 is 6.09 Å². The first-order chi connectivity index (χ1) is 9.69. The summed E-state index contributed by atoms with van der Waals surface area (Å²) < 4.78 is 4.74. The van der Waals surface area contributed by atoms with Crippen LogP contribution < -0.4 is 10.6 Å². The lowest BCUT2D eigenvalue weighted by Crippen LogP contribution is -2.34. The zero-order valence-electron chi connectivity index (χ0n) is 10.8. The molecule has 1 amide bonds. The number of nitrogens with one attached hydrogen (secondary N) is 2. The first kappa shape index (κ1) is 14.4. The molecule has 0 aliphatic carbocycles. The molecule has 2 rings (SSSR count). The number of carbonyl (C=O) groups excluding carboxylic acids is 1. The van der Waals surface area contributed by atoms with E-state index in [1.54, 1.807) is 24.3 Å². The smallest absolute Gasteiger partial charge is 0.413 e. The number of amides is 1. The maximum Gasteiger partial charge on any atom is 0.413 e. The summed E-state index contributed by atoms with van der Waals surface area (Å²) in [6.45, 7) is 2.02. The molecule has 0 aliphatic rings. The Morgan fingerprint density at radius 1 is 1.45 bits per heavy atom. The molecule has 7 heteroatoms. The van der Waals surface area contributed by atoms with E-state index >= 15 is 0 Å². The first-order valence-electron chi connectivity index (χ1n) is 5.93. The summed E-state index contributed by atoms with van der Waals surface area (Å²) in [5, 5.41) is 9.41. The molecular weight excluding hydrogens is 294 g/mol. The van der Waals surface area contributed by atoms with E-state index in [4.69, 9.17) is 17.0 Å². The Kier molecular flexibility index (Phi) is 5.03. The Balaban J connectivity index is 2.01. The lowest BCUT2D eigenvalue weighted by atomic mass is 10.2. The van der Waals surface area contributed by atoms with E-state index in [1.807, 2.05) is 29.0 Å². The number of alkyl carbamates (subject to hydrolysis) is 1. The Morgan fingerprint density at radius 3 is 3.00 bits per heavy atom. The molecule has 0 radical (unpaired) electrons. The molecule has 0 atom stereocenters. The van der Waals surface area contributed by atoms with Gasteiger partial charge in [-0.15, -0.1) is 0 Å². The molecule has 0 saturated carbocycles. The number of ether oxygens (including phenoxy) is 1. The van der Waals surface area contributed by atoms with Crippen molar-refractivity contribution in [3.63, 3.8) is 0 Å². The topological polar surface area (TPSA) is 63.2 Å². The fourth-order valence-electron chi connectivity index (χ4n) is 1.48. The number of aromatic nitrogens is 1. The third-order valence-corrected chi connectivity index (χ3v) is 3.19. The predicted molar refractivity (Wildman–Crippen MR) is 83.9 cm³/mol. The fraction of sp³-hybridized carbons (Fsp3) is 0.154. The number of pyridine rings is 1. The van der Waals surface area contributed by atoms with Gasteiger partial charge in [0.15, 0.2) is 5.11 Å². The maximum atomic E-state index is 11.2. The van der Waals surface area contributed by atoms with Crippen LogP contribution >= 0.6 is 23.6 Å². The van der Waals surface area contributed by atoms with Crippen LogP contribution in [0.15, 0.2) is 35.0 Å². The number of hydrogen-bond donors (Lipinski definition) is 2. The molecule has 0 aromatic carbocycles. The Hall–Kier alpha value is -1.99. The summed E-state index contributed by atoms with van der Waals surface area (Å²) in [4.78, 5) is 15.6. The maximum absolute atomic E-state index is 11.2. The van der Waals surface area contributed by atoms with Crippen LogP contribution in [0.3, 0.4) is 0 Å². The molecule has 0 fully saturated rings. The van der Waals surface area contributed by atoms with Crippen molar-refractivity contribution in [2.45, 2.75) is 6.92 Å². The van der Waals surface area contributed by atoms with Gasteiger partial charge in [-0.1, -0.05) is 6.07 Å². The van der Waals surface area contributed by atoms with Crippen LogP contribution in [0.25, 0.3) is 11.3 Å². The molecule has 2 N–H and O–H groups in total. The summed E-state index contributed by atoms with van der Waals surface area (Å²) in [6, 6.07) is 7.55. The highest BCUT2D eigenvalue weighted by Gasteiger charge is 2.06. The Bertz CT molecular complexity index is 599. The van der Waals surface area contributed by atoms with E-state index in [-0.39, 0.29) is 5.11 Å². The van der Waals surface area contributed by atoms with E-state index < -0.39 is 6.09 Å². The van der Waals surface area contributed by atoms with Gasteiger partial charge in [0.2, 0.25) is 0 Å². The van der Waals surface area contributed by atoms with Crippen molar-refractivity contribution < 1.29 is 9.53 Å². The van der Waals surface area contributed by atoms with Gasteiger partial charge in [0.05, 0.1) is 12.3 Å². The molecule has 5 nitrogen and oxygen atoms in total. The number of hydrogen-bond acceptors (Lipinski definition) is 5. The highest BCUT2D eigenvalue weighted by molar-refractivity contribution is 7.80. The monoisotopic (exact) mass is 307 g/mol. The van der Waals surface area contributed by atoms with Crippen molar-refractivity contribution in [3.8, 4) is 11.3 Å². The van der Waals surface area contributed by atoms with E-state index in [0.717, 1.165) is 11.3 Å². The van der Waals surface area contributed by atoms with Crippen LogP contribution in [-0.4, -0.2) is 22.8 Å². The van der Waals surface area contributed by atoms with Gasteiger partial charge in [0.25, 0.3) is 0 Å². The number of rotatable bonds is 3. The molecular formula is C13H13N3O2S2. The third-order valence-electron chi connectivity index (χ3n) is 2.30. The van der Waals surface area contributed by atoms with Crippen LogP contribution in [-0.2, 0) is 4.74 Å². The highest BCUT2D eigenvalue weighted by Crippen LogP contribution is 2.21. The van der Waals surface area contributed by atoms with Crippen molar-refractivity contribution in [2.75, 3.05) is 11.9 Å². The molecule has 104 valence electrons. The lowest BCUT2D eigenvalue weighted by Gasteiger charge is -2.09. The van der Waals surface area contributed by atoms with Gasteiger partial charge in [-0.2, -0.15) is 11.3 Å². The second-order valence-electron chi connectivity index (χ2n) is 3.72. The Labute approximate surface area is 126 Å². The highest BCUT2D eigenvalue weighted by atomic mass is 32.1. The summed E-state index contributed by atoms with van der Waals surface area (Å²) in [6.07, 6.45) is -0.584. The molecule has 20 heavy (non-hydrogen) atoms. The largest absolute Gasteiger partial charge is 0.450 e. The number of anilines is 1. The SMILES string of the molecule is CCOC(=O)NC(=S)Nc1cccc(-c2ccsc2)n1. The minimum Gasteiger partial charge on any atom is -0.450 e. The zero-order chi connectivity index (χ0) is 14.4. The number of thiophene rings is 1. The van der Waals surface area contributed by atoms with Crippen molar-refractivity contribution in [1.82, 2.24) is 10.3 Å². The molecule has 0 unspecified atom stereocenters. The van der Waals surface area contributed by atoms with Crippen LogP contribution in [0, 0.1) is 0 Å². The van der Waals surface area contributed by atoms with E-state index in [1.165, 1.54) is 0 Å². The van der Waals surface area contributed by atoms with Crippen molar-refractivity contribution >= 4 is 40.6 Å². The van der Waals surface area contributed by atoms with E-state index in [9.17, 15) is 4.79 Å².